The van der Waals surface area contributed by atoms with Crippen LogP contribution >= 0.6 is 20.1 Å². The molecule has 0 fully saturated rings. The summed E-state index contributed by atoms with van der Waals surface area (Å²) in [4.78, 5) is 7.89. The third kappa shape index (κ3) is 9.13. The smallest absolute Gasteiger partial charge is 0.118 e. The number of hydrogen-bond acceptors (Lipinski definition) is 0. The zero-order valence-electron chi connectivity index (χ0n) is 51.0. The van der Waals surface area contributed by atoms with Gasteiger partial charge >= 0.3 is 0 Å². The van der Waals surface area contributed by atoms with Gasteiger partial charge in [-0.05, 0) is 136 Å². The Balaban J connectivity index is 1.10. The van der Waals surface area contributed by atoms with Crippen molar-refractivity contribution in [3.05, 3.63) is 267 Å². The molecule has 0 saturated heterocycles. The fraction of sp³-hybridized carbons (Fsp3) is 0. The molecule has 2 nitrogen and oxygen atoms in total. The van der Waals surface area contributed by atoms with Gasteiger partial charge in [0.1, 0.15) is 94.2 Å². The lowest BCUT2D eigenvalue weighted by atomic mass is 9.59. The second-order valence-electron chi connectivity index (χ2n) is 23.3. The van der Waals surface area contributed by atoms with E-state index in [1.54, 1.807) is 0 Å². The molecule has 0 spiro atoms. The molecule has 0 amide bonds. The van der Waals surface area contributed by atoms with Gasteiger partial charge in [0.05, 0.1) is 16.7 Å². The van der Waals surface area contributed by atoms with Crippen molar-refractivity contribution in [1.29, 1.82) is 0 Å². The van der Waals surface area contributed by atoms with Crippen molar-refractivity contribution in [3.63, 3.8) is 0 Å². The minimum atomic E-state index is -2.58. The molecule has 2 aromatic heterocycles. The van der Waals surface area contributed by atoms with Crippen LogP contribution in [0.4, 0.5) is 0 Å². The normalized spacial score (nSPS) is 12.3. The third-order valence-electron chi connectivity index (χ3n) is 18.4. The van der Waals surface area contributed by atoms with Gasteiger partial charge in [0.25, 0.3) is 0 Å². The minimum Gasteiger partial charge on any atom is -0.310 e. The SMILES string of the molecule is [B]c1c([B])c([B])c(-c2cc(S(c3ccccc3)(c3ccccc3)c3ccccc3)cc(-c3ccccc3)c2-n2c3ccccc3c3cc(-n4c5c([B])c([B])c([B])c([B])c5c5c([B])c([B])c(S(c6ccccc6)(c6ccccc6)c6ccccc6)c([B])c54)ccc32)c([B])c1[B]. The second-order valence-corrected chi connectivity index (χ2v) is 29.5. The highest BCUT2D eigenvalue weighted by Gasteiger charge is 2.39. The van der Waals surface area contributed by atoms with Crippen molar-refractivity contribution < 1.29 is 0 Å². The standard InChI is InChI=1S/C78H44B12N2S2/c79-63-60(64(80)68(84)70(86)67(63)83)57-44-53(93(47-26-10-2-11-27-47,48-28-12-3-13-29-48)49-30-14-4-15-31-49)43-55(45-24-8-1-9-25-45)75(57)92-58-39-23-22-38-54(58)56-42-46(40-41-59(56)92)91-76-61(65(81)69(85)71(87)72(76)88)62-66(82)73(89)78(74(90)77(62)91)94(50-32-16-5-17-33-50,51-34-18-6-19-35-51)52-36-20-7-21-37-52/h1-44H. The van der Waals surface area contributed by atoms with E-state index < -0.39 is 20.1 Å². The molecule has 0 unspecified atom stereocenters. The number of fused-ring (bicyclic) bond motifs is 6. The molecule has 0 atom stereocenters. The molecule has 0 aliphatic heterocycles. The average Bonchev–Trinajstić information content (AvgIpc) is 1.46. The van der Waals surface area contributed by atoms with E-state index in [1.807, 2.05) is 114 Å². The molecular weight excluding hydrogens is 1160 g/mol. The molecule has 24 radical (unpaired) electrons. The first-order chi connectivity index (χ1) is 45.7. The zero-order valence-corrected chi connectivity index (χ0v) is 52.7. The van der Waals surface area contributed by atoms with Gasteiger partial charge in [-0.2, -0.15) is 0 Å². The Hall–Kier alpha value is -9.06. The molecule has 13 aromatic carbocycles. The number of rotatable bonds is 12. The van der Waals surface area contributed by atoms with E-state index in [0.29, 0.717) is 54.4 Å². The number of aromatic nitrogens is 2. The lowest BCUT2D eigenvalue weighted by Gasteiger charge is -2.45. The fourth-order valence-electron chi connectivity index (χ4n) is 14.1. The maximum atomic E-state index is 8.07. The summed E-state index contributed by atoms with van der Waals surface area (Å²) in [7, 11) is 82.1. The highest BCUT2D eigenvalue weighted by atomic mass is 32.3. The van der Waals surface area contributed by atoms with Gasteiger partial charge in [0, 0.05) is 72.9 Å². The van der Waals surface area contributed by atoms with E-state index in [9.17, 15) is 0 Å². The molecule has 0 N–H and O–H groups in total. The van der Waals surface area contributed by atoms with Gasteiger partial charge in [0.15, 0.2) is 0 Å². The molecular formula is C78H44B12N2S2. The Bertz CT molecular complexity index is 5280. The Morgan fingerprint density at radius 3 is 1.09 bits per heavy atom. The van der Waals surface area contributed by atoms with Crippen molar-refractivity contribution in [2.45, 2.75) is 39.2 Å². The molecule has 16 heteroatoms. The zero-order chi connectivity index (χ0) is 64.9. The van der Waals surface area contributed by atoms with E-state index in [1.165, 1.54) is 0 Å². The van der Waals surface area contributed by atoms with Crippen LogP contribution in [0.25, 0.3) is 77.2 Å². The summed E-state index contributed by atoms with van der Waals surface area (Å²) < 4.78 is 4.30. The van der Waals surface area contributed by atoms with E-state index in [-0.39, 0.29) is 54.6 Å². The lowest BCUT2D eigenvalue weighted by Crippen LogP contribution is -2.55. The first kappa shape index (κ1) is 61.1. The quantitative estimate of drug-likeness (QED) is 0.113. The summed E-state index contributed by atoms with van der Waals surface area (Å²) in [6, 6.07) is 92.5. The molecule has 94 heavy (non-hydrogen) atoms. The summed E-state index contributed by atoms with van der Waals surface area (Å²) in [5.74, 6) is 0. The summed E-state index contributed by atoms with van der Waals surface area (Å²) in [5.41, 5.74) is 9.07. The summed E-state index contributed by atoms with van der Waals surface area (Å²) in [6.07, 6.45) is 0. The first-order valence-corrected chi connectivity index (χ1v) is 33.8. The molecule has 15 rings (SSSR count). The fourth-order valence-corrected chi connectivity index (χ4v) is 22.1. The first-order valence-electron chi connectivity index (χ1n) is 30.5. The summed E-state index contributed by atoms with van der Waals surface area (Å²) in [5, 5.41) is 2.68. The van der Waals surface area contributed by atoms with Crippen LogP contribution in [0.5, 0.6) is 0 Å². The van der Waals surface area contributed by atoms with Gasteiger partial charge < -0.3 is 9.13 Å². The van der Waals surface area contributed by atoms with Gasteiger partial charge in [-0.3, -0.25) is 0 Å². The van der Waals surface area contributed by atoms with Crippen LogP contribution in [0, 0.1) is 0 Å². The molecule has 0 saturated carbocycles. The maximum Gasteiger partial charge on any atom is 0.118 e. The van der Waals surface area contributed by atoms with E-state index >= 15 is 0 Å². The molecule has 0 aliphatic carbocycles. The Kier molecular flexibility index (Phi) is 15.6. The number of nitrogens with zero attached hydrogens (tertiary/aromatic N) is 2. The van der Waals surface area contributed by atoms with Gasteiger partial charge in [-0.1, -0.05) is 196 Å². The molecule has 2 heterocycles. The Labute approximate surface area is 568 Å². The predicted octanol–water partition coefficient (Wildman–Crippen LogP) is 7.42. The largest absolute Gasteiger partial charge is 0.310 e. The summed E-state index contributed by atoms with van der Waals surface area (Å²) >= 11 is 0. The maximum absolute atomic E-state index is 8.07. The van der Waals surface area contributed by atoms with Crippen LogP contribution < -0.4 is 65.6 Å². The van der Waals surface area contributed by atoms with Crippen LogP contribution in [0.15, 0.2) is 306 Å². The Morgan fingerprint density at radius 2 is 0.606 bits per heavy atom. The van der Waals surface area contributed by atoms with E-state index in [2.05, 4.69) is 162 Å². The second kappa shape index (κ2) is 24.1. The molecule has 0 aliphatic rings. The lowest BCUT2D eigenvalue weighted by molar-refractivity contribution is 1.16. The van der Waals surface area contributed by atoms with Crippen molar-refractivity contribution in [1.82, 2.24) is 9.13 Å². The summed E-state index contributed by atoms with van der Waals surface area (Å²) in [6.45, 7) is 0. The third-order valence-corrected chi connectivity index (χ3v) is 26.3. The highest BCUT2D eigenvalue weighted by Crippen LogP contribution is 2.75. The minimum absolute atomic E-state index is 0.100. The van der Waals surface area contributed by atoms with Gasteiger partial charge in [-0.15, -0.1) is 47.4 Å². The van der Waals surface area contributed by atoms with Crippen molar-refractivity contribution in [3.8, 4) is 33.6 Å². The Morgan fingerprint density at radius 1 is 0.245 bits per heavy atom. The van der Waals surface area contributed by atoms with Crippen LogP contribution in [-0.4, -0.2) is 103 Å². The van der Waals surface area contributed by atoms with Crippen LogP contribution in [0.3, 0.4) is 0 Å². The van der Waals surface area contributed by atoms with Gasteiger partial charge in [-0.25, -0.2) is 0 Å². The number of hydrogen-bond donors (Lipinski definition) is 0. The predicted molar refractivity (Wildman–Crippen MR) is 411 cm³/mol. The van der Waals surface area contributed by atoms with Gasteiger partial charge in [0.2, 0.25) is 0 Å². The van der Waals surface area contributed by atoms with E-state index in [4.69, 9.17) is 94.2 Å². The van der Waals surface area contributed by atoms with E-state index in [0.717, 1.165) is 72.9 Å². The molecule has 414 valence electrons. The average molecular weight is 1200 g/mol. The monoisotopic (exact) mass is 1200 g/mol. The van der Waals surface area contributed by atoms with Crippen LogP contribution in [0.2, 0.25) is 0 Å². The van der Waals surface area contributed by atoms with Crippen molar-refractivity contribution in [2.75, 3.05) is 0 Å². The highest BCUT2D eigenvalue weighted by molar-refractivity contribution is 8.34. The van der Waals surface area contributed by atoms with Crippen molar-refractivity contribution >= 4 is 223 Å². The number of para-hydroxylation sites is 1. The topological polar surface area (TPSA) is 9.86 Å². The number of benzene rings is 13. The van der Waals surface area contributed by atoms with Crippen molar-refractivity contribution in [2.24, 2.45) is 0 Å². The van der Waals surface area contributed by atoms with Crippen LogP contribution in [-0.2, 0) is 0 Å². The molecule has 15 aromatic rings. The van der Waals surface area contributed by atoms with Crippen LogP contribution in [0.1, 0.15) is 0 Å². The molecule has 0 bridgehead atoms.